The Morgan fingerprint density at radius 2 is 2.07 bits per heavy atom. The quantitative estimate of drug-likeness (QED) is 0.429. The van der Waals surface area contributed by atoms with Crippen LogP contribution in [0.25, 0.3) is 0 Å². The van der Waals surface area contributed by atoms with Crippen LogP contribution in [0.5, 0.6) is 0 Å². The highest BCUT2D eigenvalue weighted by Gasteiger charge is 2.19. The Hall–Kier alpha value is -0.340. The van der Waals surface area contributed by atoms with Crippen LogP contribution in [-0.4, -0.2) is 25.8 Å². The third-order valence-corrected chi connectivity index (χ3v) is 2.44. The summed E-state index contributed by atoms with van der Waals surface area (Å²) in [4.78, 5) is 0. The number of hydrogen-bond donors (Lipinski definition) is 1. The Balaban J connectivity index is 1.64. The summed E-state index contributed by atoms with van der Waals surface area (Å²) in [5.41, 5.74) is 0. The zero-order valence-electron chi connectivity index (χ0n) is 9.13. The van der Waals surface area contributed by atoms with Gasteiger partial charge in [-0.05, 0) is 45.1 Å². The van der Waals surface area contributed by atoms with E-state index in [2.05, 4.69) is 11.9 Å². The van der Waals surface area contributed by atoms with Crippen LogP contribution in [0.1, 0.15) is 38.5 Å². The molecule has 2 nitrogen and oxygen atoms in total. The molecule has 0 spiro atoms. The molecule has 14 heavy (non-hydrogen) atoms. The average Bonchev–Trinajstić information content (AvgIpc) is 2.99. The summed E-state index contributed by atoms with van der Waals surface area (Å²) < 4.78 is 5.42. The Morgan fingerprint density at radius 3 is 2.79 bits per heavy atom. The molecule has 0 radical (unpaired) electrons. The normalized spacial score (nSPS) is 15.7. The Morgan fingerprint density at radius 1 is 1.21 bits per heavy atom. The van der Waals surface area contributed by atoms with Gasteiger partial charge in [0.1, 0.15) is 0 Å². The van der Waals surface area contributed by atoms with Crippen LogP contribution in [0.4, 0.5) is 0 Å². The summed E-state index contributed by atoms with van der Waals surface area (Å²) in [7, 11) is 0. The van der Waals surface area contributed by atoms with E-state index in [1.54, 1.807) is 0 Å². The SMILES string of the molecule is C=CCCOCCCCCNC1CC1. The minimum Gasteiger partial charge on any atom is -0.381 e. The van der Waals surface area contributed by atoms with Crippen LogP contribution in [0.2, 0.25) is 0 Å². The van der Waals surface area contributed by atoms with Crippen molar-refractivity contribution in [1.29, 1.82) is 0 Å². The van der Waals surface area contributed by atoms with Crippen molar-refractivity contribution in [2.75, 3.05) is 19.8 Å². The first-order valence-electron chi connectivity index (χ1n) is 5.85. The van der Waals surface area contributed by atoms with Gasteiger partial charge in [0.25, 0.3) is 0 Å². The molecule has 0 aromatic carbocycles. The molecular weight excluding hydrogens is 174 g/mol. The maximum absolute atomic E-state index is 5.42. The second-order valence-corrected chi connectivity index (χ2v) is 3.98. The first-order chi connectivity index (χ1) is 6.93. The van der Waals surface area contributed by atoms with E-state index in [1.807, 2.05) is 6.08 Å². The van der Waals surface area contributed by atoms with E-state index in [4.69, 9.17) is 4.74 Å². The fourth-order valence-corrected chi connectivity index (χ4v) is 1.37. The van der Waals surface area contributed by atoms with Crippen molar-refractivity contribution < 1.29 is 4.74 Å². The fourth-order valence-electron chi connectivity index (χ4n) is 1.37. The largest absolute Gasteiger partial charge is 0.381 e. The number of ether oxygens (including phenoxy) is 1. The van der Waals surface area contributed by atoms with Crippen molar-refractivity contribution in [1.82, 2.24) is 5.32 Å². The van der Waals surface area contributed by atoms with Crippen molar-refractivity contribution in [2.24, 2.45) is 0 Å². The molecule has 0 bridgehead atoms. The summed E-state index contributed by atoms with van der Waals surface area (Å²) in [5.74, 6) is 0. The van der Waals surface area contributed by atoms with Crippen LogP contribution >= 0.6 is 0 Å². The highest BCUT2D eigenvalue weighted by molar-refractivity contribution is 4.80. The summed E-state index contributed by atoms with van der Waals surface area (Å²) >= 11 is 0. The van der Waals surface area contributed by atoms with Gasteiger partial charge in [-0.3, -0.25) is 0 Å². The van der Waals surface area contributed by atoms with Crippen molar-refractivity contribution >= 4 is 0 Å². The van der Waals surface area contributed by atoms with Crippen molar-refractivity contribution in [3.63, 3.8) is 0 Å². The molecule has 0 unspecified atom stereocenters. The van der Waals surface area contributed by atoms with Gasteiger partial charge in [-0.1, -0.05) is 6.08 Å². The van der Waals surface area contributed by atoms with E-state index in [0.717, 1.165) is 25.7 Å². The molecule has 1 aliphatic rings. The molecule has 0 saturated heterocycles. The predicted molar refractivity (Wildman–Crippen MR) is 60.5 cm³/mol. The van der Waals surface area contributed by atoms with Crippen LogP contribution in [0.3, 0.4) is 0 Å². The van der Waals surface area contributed by atoms with Gasteiger partial charge in [-0.25, -0.2) is 0 Å². The van der Waals surface area contributed by atoms with Gasteiger partial charge in [0.2, 0.25) is 0 Å². The first kappa shape index (κ1) is 11.7. The van der Waals surface area contributed by atoms with Crippen LogP contribution < -0.4 is 5.32 Å². The van der Waals surface area contributed by atoms with Gasteiger partial charge in [-0.15, -0.1) is 6.58 Å². The summed E-state index contributed by atoms with van der Waals surface area (Å²) in [6, 6.07) is 0.860. The van der Waals surface area contributed by atoms with E-state index in [9.17, 15) is 0 Å². The fraction of sp³-hybridized carbons (Fsp3) is 0.833. The molecule has 0 atom stereocenters. The molecule has 0 aliphatic heterocycles. The van der Waals surface area contributed by atoms with Gasteiger partial charge in [0, 0.05) is 19.3 Å². The van der Waals surface area contributed by atoms with Crippen LogP contribution in [0.15, 0.2) is 12.7 Å². The van der Waals surface area contributed by atoms with Gasteiger partial charge < -0.3 is 10.1 Å². The minimum absolute atomic E-state index is 0.837. The lowest BCUT2D eigenvalue weighted by Gasteiger charge is -2.03. The third-order valence-electron chi connectivity index (χ3n) is 2.44. The molecular formula is C12H23NO. The summed E-state index contributed by atoms with van der Waals surface area (Å²) in [6.07, 6.45) is 9.44. The standard InChI is InChI=1S/C12H23NO/c1-2-3-10-14-11-6-4-5-9-13-12-7-8-12/h2,12-13H,1,3-11H2. The van der Waals surface area contributed by atoms with Gasteiger partial charge in [0.15, 0.2) is 0 Å². The first-order valence-corrected chi connectivity index (χ1v) is 5.85. The Labute approximate surface area is 87.7 Å². The number of unbranched alkanes of at least 4 members (excludes halogenated alkanes) is 2. The molecule has 1 rings (SSSR count). The maximum Gasteiger partial charge on any atom is 0.0500 e. The molecule has 0 amide bonds. The van der Waals surface area contributed by atoms with Gasteiger partial charge in [0.05, 0.1) is 0 Å². The second kappa shape index (κ2) is 8.01. The van der Waals surface area contributed by atoms with Crippen molar-refractivity contribution in [2.45, 2.75) is 44.6 Å². The average molecular weight is 197 g/mol. The van der Waals surface area contributed by atoms with E-state index >= 15 is 0 Å². The molecule has 1 saturated carbocycles. The minimum atomic E-state index is 0.837. The second-order valence-electron chi connectivity index (χ2n) is 3.98. The molecule has 0 aromatic heterocycles. The molecule has 0 aromatic rings. The Bertz CT molecular complexity index is 143. The molecule has 2 heteroatoms. The van der Waals surface area contributed by atoms with Crippen molar-refractivity contribution in [3.8, 4) is 0 Å². The summed E-state index contributed by atoms with van der Waals surface area (Å²) in [5, 5.41) is 3.51. The molecule has 1 N–H and O–H groups in total. The molecule has 1 fully saturated rings. The lowest BCUT2D eigenvalue weighted by Crippen LogP contribution is -2.17. The maximum atomic E-state index is 5.42. The Kier molecular flexibility index (Phi) is 6.71. The lowest BCUT2D eigenvalue weighted by atomic mass is 10.2. The predicted octanol–water partition coefficient (Wildman–Crippen LogP) is 2.50. The van der Waals surface area contributed by atoms with Gasteiger partial charge in [-0.2, -0.15) is 0 Å². The smallest absolute Gasteiger partial charge is 0.0500 e. The number of nitrogens with one attached hydrogen (secondary N) is 1. The highest BCUT2D eigenvalue weighted by atomic mass is 16.5. The summed E-state index contributed by atoms with van der Waals surface area (Å²) in [6.45, 7) is 6.60. The number of hydrogen-bond acceptors (Lipinski definition) is 2. The zero-order valence-corrected chi connectivity index (χ0v) is 9.13. The molecule has 1 aliphatic carbocycles. The van der Waals surface area contributed by atoms with E-state index in [-0.39, 0.29) is 0 Å². The topological polar surface area (TPSA) is 21.3 Å². The molecule has 0 heterocycles. The zero-order chi connectivity index (χ0) is 10.1. The van der Waals surface area contributed by atoms with E-state index in [0.29, 0.717) is 0 Å². The van der Waals surface area contributed by atoms with E-state index in [1.165, 1.54) is 38.6 Å². The highest BCUT2D eigenvalue weighted by Crippen LogP contribution is 2.18. The van der Waals surface area contributed by atoms with E-state index < -0.39 is 0 Å². The van der Waals surface area contributed by atoms with Crippen molar-refractivity contribution in [3.05, 3.63) is 12.7 Å². The number of rotatable bonds is 10. The van der Waals surface area contributed by atoms with Gasteiger partial charge >= 0.3 is 0 Å². The molecule has 82 valence electrons. The lowest BCUT2D eigenvalue weighted by molar-refractivity contribution is 0.134. The monoisotopic (exact) mass is 197 g/mol. The third kappa shape index (κ3) is 7.10. The van der Waals surface area contributed by atoms with Crippen LogP contribution in [0, 0.1) is 0 Å². The van der Waals surface area contributed by atoms with Crippen LogP contribution in [-0.2, 0) is 4.74 Å².